The maximum absolute atomic E-state index is 13.5. The second kappa shape index (κ2) is 12.4. The zero-order valence-electron chi connectivity index (χ0n) is 23.7. The molecular weight excluding hydrogens is 454 g/mol. The van der Waals surface area contributed by atoms with E-state index in [-0.39, 0.29) is 34.0 Å². The van der Waals surface area contributed by atoms with Crippen LogP contribution in [0.2, 0.25) is 0 Å². The fourth-order valence-corrected chi connectivity index (χ4v) is 4.07. The van der Waals surface area contributed by atoms with Crippen LogP contribution in [0.1, 0.15) is 92.4 Å². The van der Waals surface area contributed by atoms with Crippen molar-refractivity contribution in [3.05, 3.63) is 53.6 Å². The molecule has 1 amide bonds. The van der Waals surface area contributed by atoms with E-state index < -0.39 is 23.4 Å². The molecule has 1 unspecified atom stereocenters. The summed E-state index contributed by atoms with van der Waals surface area (Å²) in [5.74, 6) is -2.04. The maximum atomic E-state index is 13.5. The molecular formula is C30H45NO5. The maximum Gasteiger partial charge on any atom is 0.339 e. The van der Waals surface area contributed by atoms with Gasteiger partial charge in [-0.1, -0.05) is 91.3 Å². The van der Waals surface area contributed by atoms with Gasteiger partial charge >= 0.3 is 11.9 Å². The molecule has 1 aromatic carbocycles. The Morgan fingerprint density at radius 3 is 2.14 bits per heavy atom. The number of hydrogen-bond donors (Lipinski definition) is 2. The average Bonchev–Trinajstić information content (AvgIpc) is 2.71. The summed E-state index contributed by atoms with van der Waals surface area (Å²) in [5, 5.41) is 12.3. The summed E-state index contributed by atoms with van der Waals surface area (Å²) in [5.41, 5.74) is -0.0686. The quantitative estimate of drug-likeness (QED) is 0.187. The largest absolute Gasteiger partial charge is 0.478 e. The fraction of sp³-hybridized carbons (Fsp3) is 0.567. The first-order valence-electron chi connectivity index (χ1n) is 12.6. The zero-order valence-corrected chi connectivity index (χ0v) is 23.7. The molecule has 6 nitrogen and oxygen atoms in total. The van der Waals surface area contributed by atoms with E-state index >= 15 is 0 Å². The third-order valence-electron chi connectivity index (χ3n) is 6.81. The number of carbonyl (C=O) groups excluding carboxylic acids is 2. The molecule has 0 saturated heterocycles. The minimum absolute atomic E-state index is 0.0386. The number of benzene rings is 1. The van der Waals surface area contributed by atoms with Crippen LogP contribution in [0.15, 0.2) is 48.1 Å². The SMILES string of the molecule is CC(C)=C/C=C\C(C)(C)C(C)(C)CC(C)(C)C(=O)NC(CC(C)C)C(=O)Oc1ccccc1C(=O)O. The molecule has 1 atom stereocenters. The normalized spacial score (nSPS) is 13.4. The van der Waals surface area contributed by atoms with Crippen LogP contribution in [-0.2, 0) is 9.59 Å². The number of allylic oxidation sites excluding steroid dienone is 4. The fourth-order valence-electron chi connectivity index (χ4n) is 4.07. The van der Waals surface area contributed by atoms with Gasteiger partial charge in [-0.15, -0.1) is 0 Å². The second-order valence-corrected chi connectivity index (χ2v) is 12.1. The summed E-state index contributed by atoms with van der Waals surface area (Å²) in [4.78, 5) is 38.0. The zero-order chi connectivity index (χ0) is 27.9. The van der Waals surface area contributed by atoms with Crippen molar-refractivity contribution in [1.82, 2.24) is 5.32 Å². The van der Waals surface area contributed by atoms with Crippen LogP contribution in [0.4, 0.5) is 0 Å². The van der Waals surface area contributed by atoms with Gasteiger partial charge in [0.05, 0.1) is 0 Å². The number of aromatic carboxylic acids is 1. The lowest BCUT2D eigenvalue weighted by Gasteiger charge is -2.44. The van der Waals surface area contributed by atoms with Gasteiger partial charge in [0, 0.05) is 5.41 Å². The highest BCUT2D eigenvalue weighted by Gasteiger charge is 2.43. The molecule has 6 heteroatoms. The smallest absolute Gasteiger partial charge is 0.339 e. The average molecular weight is 500 g/mol. The Kier molecular flexibility index (Phi) is 10.7. The summed E-state index contributed by atoms with van der Waals surface area (Å²) in [7, 11) is 0. The van der Waals surface area contributed by atoms with Crippen molar-refractivity contribution < 1.29 is 24.2 Å². The molecule has 0 aliphatic heterocycles. The van der Waals surface area contributed by atoms with Crippen LogP contribution in [0.25, 0.3) is 0 Å². The number of rotatable bonds is 12. The number of carbonyl (C=O) groups is 3. The van der Waals surface area contributed by atoms with Crippen LogP contribution in [0, 0.1) is 22.2 Å². The monoisotopic (exact) mass is 499 g/mol. The second-order valence-electron chi connectivity index (χ2n) is 12.1. The number of ether oxygens (including phenoxy) is 1. The van der Waals surface area contributed by atoms with E-state index in [1.165, 1.54) is 17.7 Å². The van der Waals surface area contributed by atoms with Gasteiger partial charge in [0.2, 0.25) is 5.91 Å². The molecule has 0 aliphatic carbocycles. The number of amides is 1. The van der Waals surface area contributed by atoms with Gasteiger partial charge in [-0.25, -0.2) is 9.59 Å². The summed E-state index contributed by atoms with van der Waals surface area (Å²) in [6, 6.07) is 5.08. The molecule has 36 heavy (non-hydrogen) atoms. The molecule has 1 aromatic rings. The van der Waals surface area contributed by atoms with E-state index in [9.17, 15) is 19.5 Å². The number of carboxylic acids is 1. The summed E-state index contributed by atoms with van der Waals surface area (Å²) in [6.07, 6.45) is 7.26. The van der Waals surface area contributed by atoms with E-state index in [1.54, 1.807) is 12.1 Å². The molecule has 0 heterocycles. The summed E-state index contributed by atoms with van der Waals surface area (Å²) < 4.78 is 5.45. The molecule has 0 saturated carbocycles. The first-order chi connectivity index (χ1) is 16.4. The molecule has 0 fully saturated rings. The molecule has 0 bridgehead atoms. The van der Waals surface area contributed by atoms with E-state index in [4.69, 9.17) is 4.74 Å². The number of hydrogen-bond acceptors (Lipinski definition) is 4. The molecule has 2 N–H and O–H groups in total. The Morgan fingerprint density at radius 1 is 1.03 bits per heavy atom. The van der Waals surface area contributed by atoms with Crippen LogP contribution in [-0.4, -0.2) is 29.0 Å². The number of nitrogens with one attached hydrogen (secondary N) is 1. The van der Waals surface area contributed by atoms with Crippen molar-refractivity contribution in [3.8, 4) is 5.75 Å². The van der Waals surface area contributed by atoms with Crippen molar-refractivity contribution in [2.45, 2.75) is 88.1 Å². The first-order valence-corrected chi connectivity index (χ1v) is 12.6. The van der Waals surface area contributed by atoms with Crippen molar-refractivity contribution >= 4 is 17.8 Å². The molecule has 0 aromatic heterocycles. The van der Waals surface area contributed by atoms with Crippen molar-refractivity contribution in [3.63, 3.8) is 0 Å². The Balaban J connectivity index is 3.10. The summed E-state index contributed by atoms with van der Waals surface area (Å²) in [6.45, 7) is 20.4. The van der Waals surface area contributed by atoms with E-state index in [1.807, 2.05) is 27.7 Å². The minimum Gasteiger partial charge on any atom is -0.478 e. The van der Waals surface area contributed by atoms with Crippen LogP contribution < -0.4 is 10.1 Å². The van der Waals surface area contributed by atoms with Gasteiger partial charge < -0.3 is 15.2 Å². The van der Waals surface area contributed by atoms with Gasteiger partial charge in [0.25, 0.3) is 0 Å². The van der Waals surface area contributed by atoms with Gasteiger partial charge in [-0.2, -0.15) is 0 Å². The van der Waals surface area contributed by atoms with Crippen LogP contribution in [0.3, 0.4) is 0 Å². The van der Waals surface area contributed by atoms with Gasteiger partial charge in [0.15, 0.2) is 0 Å². The Hall–Kier alpha value is -2.89. The lowest BCUT2D eigenvalue weighted by Crippen LogP contribution is -2.50. The topological polar surface area (TPSA) is 92.7 Å². The first kappa shape index (κ1) is 31.1. The van der Waals surface area contributed by atoms with Gasteiger partial charge in [0.1, 0.15) is 17.4 Å². The molecule has 0 radical (unpaired) electrons. The number of para-hydroxylation sites is 1. The van der Waals surface area contributed by atoms with E-state index in [0.29, 0.717) is 12.8 Å². The standard InChI is InChI=1S/C30H45NO5/c1-20(2)14-13-17-29(7,8)30(9,10)19-28(5,6)27(35)31-23(18-21(3)4)26(34)36-24-16-12-11-15-22(24)25(32)33/h11-17,21,23H,18-19H2,1-10H3,(H,31,35)(H,32,33)/b17-13-. The molecule has 1 rings (SSSR count). The van der Waals surface area contributed by atoms with Crippen LogP contribution in [0.5, 0.6) is 5.75 Å². The van der Waals surface area contributed by atoms with Crippen molar-refractivity contribution in [1.29, 1.82) is 0 Å². The van der Waals surface area contributed by atoms with Gasteiger partial charge in [-0.05, 0) is 55.6 Å². The van der Waals surface area contributed by atoms with Crippen molar-refractivity contribution in [2.75, 3.05) is 0 Å². The highest BCUT2D eigenvalue weighted by atomic mass is 16.5. The third-order valence-corrected chi connectivity index (χ3v) is 6.81. The van der Waals surface area contributed by atoms with E-state index in [2.05, 4.69) is 65.1 Å². The predicted molar refractivity (Wildman–Crippen MR) is 145 cm³/mol. The molecule has 200 valence electrons. The molecule has 0 aliphatic rings. The van der Waals surface area contributed by atoms with Gasteiger partial charge in [-0.3, -0.25) is 4.79 Å². The number of carboxylic acid groups (broad SMARTS) is 1. The van der Waals surface area contributed by atoms with Crippen LogP contribution >= 0.6 is 0 Å². The predicted octanol–water partition coefficient (Wildman–Crippen LogP) is 6.81. The van der Waals surface area contributed by atoms with E-state index in [0.717, 1.165) is 0 Å². The third kappa shape index (κ3) is 8.96. The van der Waals surface area contributed by atoms with Crippen molar-refractivity contribution in [2.24, 2.45) is 22.2 Å². The number of esters is 1. The molecule has 0 spiro atoms. The highest BCUT2D eigenvalue weighted by molar-refractivity contribution is 5.93. The Labute approximate surface area is 217 Å². The minimum atomic E-state index is -1.19. The summed E-state index contributed by atoms with van der Waals surface area (Å²) >= 11 is 0. The lowest BCUT2D eigenvalue weighted by atomic mass is 9.61. The Morgan fingerprint density at radius 2 is 1.61 bits per heavy atom. The lowest BCUT2D eigenvalue weighted by molar-refractivity contribution is -0.142. The highest BCUT2D eigenvalue weighted by Crippen LogP contribution is 2.47. The Bertz CT molecular complexity index is 994.